The van der Waals surface area contributed by atoms with E-state index in [1.165, 1.54) is 12.8 Å². The van der Waals surface area contributed by atoms with Gasteiger partial charge >= 0.3 is 0 Å². The third-order valence-corrected chi connectivity index (χ3v) is 4.86. The molecule has 1 aromatic rings. The maximum absolute atomic E-state index is 12.4. The molecule has 1 aliphatic rings. The Morgan fingerprint density at radius 1 is 1.22 bits per heavy atom. The van der Waals surface area contributed by atoms with Crippen molar-refractivity contribution in [3.63, 3.8) is 0 Å². The molecule has 0 bridgehead atoms. The van der Waals surface area contributed by atoms with Crippen molar-refractivity contribution in [2.75, 3.05) is 0 Å². The Morgan fingerprint density at radius 3 is 2.57 bits per heavy atom. The smallest absolute Gasteiger partial charge is 0.223 e. The number of carbonyl (C=O) groups is 1. The fraction of sp³-hybridized carbons (Fsp3) is 0.882. The highest BCUT2D eigenvalue weighted by molar-refractivity contribution is 5.78. The number of nitrogens with zero attached hydrogens (tertiary/aromatic N) is 4. The molecule has 6 nitrogen and oxygen atoms in total. The van der Waals surface area contributed by atoms with E-state index in [-0.39, 0.29) is 11.8 Å². The zero-order chi connectivity index (χ0) is 16.7. The summed E-state index contributed by atoms with van der Waals surface area (Å²) in [5, 5.41) is 14.5. The minimum absolute atomic E-state index is 0.188. The van der Waals surface area contributed by atoms with E-state index in [0.29, 0.717) is 12.0 Å². The van der Waals surface area contributed by atoms with E-state index in [4.69, 9.17) is 0 Å². The van der Waals surface area contributed by atoms with Crippen LogP contribution >= 0.6 is 0 Å². The van der Waals surface area contributed by atoms with Gasteiger partial charge in [0.1, 0.15) is 6.33 Å². The van der Waals surface area contributed by atoms with Gasteiger partial charge in [-0.25, -0.2) is 4.68 Å². The van der Waals surface area contributed by atoms with Crippen LogP contribution in [-0.2, 0) is 11.3 Å². The molecule has 0 aliphatic heterocycles. The maximum atomic E-state index is 12.4. The molecule has 1 aliphatic carbocycles. The van der Waals surface area contributed by atoms with Gasteiger partial charge in [0, 0.05) is 18.5 Å². The van der Waals surface area contributed by atoms with Gasteiger partial charge in [-0.05, 0) is 61.3 Å². The zero-order valence-electron chi connectivity index (χ0n) is 14.7. The normalized spacial score (nSPS) is 23.0. The van der Waals surface area contributed by atoms with Gasteiger partial charge in [-0.15, -0.1) is 5.10 Å². The summed E-state index contributed by atoms with van der Waals surface area (Å²) >= 11 is 0. The Morgan fingerprint density at radius 2 is 1.96 bits per heavy atom. The number of hydrogen-bond acceptors (Lipinski definition) is 4. The number of carbonyl (C=O) groups excluding carboxylic acids is 1. The van der Waals surface area contributed by atoms with E-state index in [0.717, 1.165) is 44.6 Å². The van der Waals surface area contributed by atoms with E-state index in [1.54, 1.807) is 11.0 Å². The van der Waals surface area contributed by atoms with Crippen molar-refractivity contribution in [1.82, 2.24) is 25.5 Å². The average Bonchev–Trinajstić information content (AvgIpc) is 3.00. The summed E-state index contributed by atoms with van der Waals surface area (Å²) in [5.74, 6) is 1.77. The summed E-state index contributed by atoms with van der Waals surface area (Å²) in [5.41, 5.74) is 0. The van der Waals surface area contributed by atoms with Gasteiger partial charge in [0.05, 0.1) is 0 Å². The summed E-state index contributed by atoms with van der Waals surface area (Å²) in [4.78, 5) is 12.4. The molecule has 0 aromatic carbocycles. The minimum Gasteiger partial charge on any atom is -0.353 e. The lowest BCUT2D eigenvalue weighted by molar-refractivity contribution is -0.126. The average molecular weight is 321 g/mol. The van der Waals surface area contributed by atoms with Crippen LogP contribution in [0.1, 0.15) is 65.7 Å². The van der Waals surface area contributed by atoms with E-state index < -0.39 is 0 Å². The van der Waals surface area contributed by atoms with Crippen LogP contribution < -0.4 is 5.32 Å². The van der Waals surface area contributed by atoms with Crippen molar-refractivity contribution in [1.29, 1.82) is 0 Å². The van der Waals surface area contributed by atoms with Gasteiger partial charge in [-0.3, -0.25) is 4.79 Å². The molecule has 0 unspecified atom stereocenters. The topological polar surface area (TPSA) is 72.7 Å². The van der Waals surface area contributed by atoms with Crippen LogP contribution in [0.5, 0.6) is 0 Å². The standard InChI is InChI=1S/C17H31N5O/c1-13(2)5-4-6-14(3)19-17(23)16-9-7-15(8-10-16)11-22-12-18-20-21-22/h12-16H,4-11H2,1-3H3,(H,19,23)/t14-,15?,16?/m0/s1. The van der Waals surface area contributed by atoms with E-state index in [9.17, 15) is 4.79 Å². The number of hydrogen-bond donors (Lipinski definition) is 1. The predicted molar refractivity (Wildman–Crippen MR) is 89.6 cm³/mol. The molecular formula is C17H31N5O. The fourth-order valence-electron chi connectivity index (χ4n) is 3.40. The lowest BCUT2D eigenvalue weighted by atomic mass is 9.81. The SMILES string of the molecule is CC(C)CCC[C@H](C)NC(=O)C1CCC(Cn2cnnn2)CC1. The Hall–Kier alpha value is -1.46. The highest BCUT2D eigenvalue weighted by Crippen LogP contribution is 2.30. The number of amides is 1. The summed E-state index contributed by atoms with van der Waals surface area (Å²) in [6.07, 6.45) is 9.31. The van der Waals surface area contributed by atoms with Crippen LogP contribution in [0, 0.1) is 17.8 Å². The first kappa shape index (κ1) is 17.9. The molecule has 0 spiro atoms. The summed E-state index contributed by atoms with van der Waals surface area (Å²) in [6, 6.07) is 0.292. The molecule has 0 radical (unpaired) electrons. The molecule has 1 heterocycles. The van der Waals surface area contributed by atoms with Crippen LogP contribution in [0.15, 0.2) is 6.33 Å². The van der Waals surface area contributed by atoms with E-state index in [1.807, 2.05) is 0 Å². The molecule has 6 heteroatoms. The van der Waals surface area contributed by atoms with Crippen LogP contribution in [0.25, 0.3) is 0 Å². The largest absolute Gasteiger partial charge is 0.353 e. The molecule has 130 valence electrons. The van der Waals surface area contributed by atoms with Crippen molar-refractivity contribution >= 4 is 5.91 Å². The molecular weight excluding hydrogens is 290 g/mol. The highest BCUT2D eigenvalue weighted by Gasteiger charge is 2.27. The van der Waals surface area contributed by atoms with Crippen LogP contribution in [0.4, 0.5) is 0 Å². The predicted octanol–water partition coefficient (Wildman–Crippen LogP) is 2.81. The molecule has 23 heavy (non-hydrogen) atoms. The maximum Gasteiger partial charge on any atom is 0.223 e. The van der Waals surface area contributed by atoms with Crippen molar-refractivity contribution in [3.05, 3.63) is 6.33 Å². The molecule has 1 fully saturated rings. The van der Waals surface area contributed by atoms with Gasteiger partial charge in [-0.2, -0.15) is 0 Å². The van der Waals surface area contributed by atoms with Crippen molar-refractivity contribution < 1.29 is 4.79 Å². The zero-order valence-corrected chi connectivity index (χ0v) is 14.7. The van der Waals surface area contributed by atoms with Gasteiger partial charge in [-0.1, -0.05) is 26.7 Å². The van der Waals surface area contributed by atoms with Gasteiger partial charge in [0.15, 0.2) is 0 Å². The van der Waals surface area contributed by atoms with Gasteiger partial charge in [0.2, 0.25) is 5.91 Å². The number of rotatable bonds is 8. The summed E-state index contributed by atoms with van der Waals surface area (Å²) < 4.78 is 1.79. The van der Waals surface area contributed by atoms with Crippen LogP contribution in [0.2, 0.25) is 0 Å². The van der Waals surface area contributed by atoms with E-state index in [2.05, 4.69) is 41.6 Å². The second kappa shape index (κ2) is 8.99. The Bertz CT molecular complexity index is 452. The minimum atomic E-state index is 0.188. The second-order valence-electron chi connectivity index (χ2n) is 7.48. The number of aromatic nitrogens is 4. The molecule has 1 atom stereocenters. The Balaban J connectivity index is 1.65. The third kappa shape index (κ3) is 6.28. The second-order valence-corrected chi connectivity index (χ2v) is 7.48. The van der Waals surface area contributed by atoms with Crippen molar-refractivity contribution in [3.8, 4) is 0 Å². The Labute approximate surface area is 139 Å². The number of nitrogens with one attached hydrogen (secondary N) is 1. The van der Waals surface area contributed by atoms with E-state index >= 15 is 0 Å². The lowest BCUT2D eigenvalue weighted by Gasteiger charge is -2.28. The summed E-state index contributed by atoms with van der Waals surface area (Å²) in [7, 11) is 0. The first-order valence-electron chi connectivity index (χ1n) is 9.05. The highest BCUT2D eigenvalue weighted by atomic mass is 16.1. The molecule has 1 N–H and O–H groups in total. The quantitative estimate of drug-likeness (QED) is 0.799. The van der Waals surface area contributed by atoms with Crippen LogP contribution in [-0.4, -0.2) is 32.2 Å². The molecule has 0 saturated heterocycles. The van der Waals surface area contributed by atoms with Gasteiger partial charge < -0.3 is 5.32 Å². The van der Waals surface area contributed by atoms with Crippen molar-refractivity contribution in [2.24, 2.45) is 17.8 Å². The molecule has 2 rings (SSSR count). The van der Waals surface area contributed by atoms with Crippen LogP contribution in [0.3, 0.4) is 0 Å². The summed E-state index contributed by atoms with van der Waals surface area (Å²) in [6.45, 7) is 7.49. The van der Waals surface area contributed by atoms with Crippen molar-refractivity contribution in [2.45, 2.75) is 78.3 Å². The molecule has 1 aromatic heterocycles. The monoisotopic (exact) mass is 321 g/mol. The van der Waals surface area contributed by atoms with Gasteiger partial charge in [0.25, 0.3) is 0 Å². The molecule has 1 saturated carbocycles. The first-order chi connectivity index (χ1) is 11.0. The Kier molecular flexibility index (Phi) is 6.99. The fourth-order valence-corrected chi connectivity index (χ4v) is 3.40. The first-order valence-corrected chi connectivity index (χ1v) is 9.05. The third-order valence-electron chi connectivity index (χ3n) is 4.86. The molecule has 1 amide bonds. The number of tetrazole rings is 1. The lowest BCUT2D eigenvalue weighted by Crippen LogP contribution is -2.39.